The first kappa shape index (κ1) is 24.5. The lowest BCUT2D eigenvalue weighted by Gasteiger charge is -2.31. The lowest BCUT2D eigenvalue weighted by atomic mass is 9.90. The molecule has 1 atom stereocenters. The predicted molar refractivity (Wildman–Crippen MR) is 117 cm³/mol. The summed E-state index contributed by atoms with van der Waals surface area (Å²) < 4.78 is 46.8. The molecule has 1 fully saturated rings. The van der Waals surface area contributed by atoms with Crippen LogP contribution in [0.5, 0.6) is 0 Å². The van der Waals surface area contributed by atoms with Crippen LogP contribution >= 0.6 is 11.3 Å². The second-order valence-corrected chi connectivity index (χ2v) is 8.79. The number of carbonyl (C=O) groups excluding carboxylic acids is 3. The van der Waals surface area contributed by atoms with Crippen molar-refractivity contribution < 1.29 is 32.3 Å². The van der Waals surface area contributed by atoms with Crippen LogP contribution in [0.3, 0.4) is 0 Å². The van der Waals surface area contributed by atoms with E-state index in [0.717, 1.165) is 11.3 Å². The maximum atomic E-state index is 13.9. The van der Waals surface area contributed by atoms with Gasteiger partial charge >= 0.3 is 6.18 Å². The number of rotatable bonds is 6. The predicted octanol–water partition coefficient (Wildman–Crippen LogP) is 3.26. The highest BCUT2D eigenvalue weighted by Crippen LogP contribution is 2.33. The van der Waals surface area contributed by atoms with E-state index in [1.54, 1.807) is 19.1 Å². The average molecular weight is 478 g/mol. The van der Waals surface area contributed by atoms with Gasteiger partial charge in [0.25, 0.3) is 11.8 Å². The minimum Gasteiger partial charge on any atom is -0.370 e. The largest absolute Gasteiger partial charge is 0.418 e. The van der Waals surface area contributed by atoms with Crippen molar-refractivity contribution in [2.75, 3.05) is 24.7 Å². The second kappa shape index (κ2) is 9.37. The van der Waals surface area contributed by atoms with Crippen LogP contribution < -0.4 is 10.2 Å². The Bertz CT molecular complexity index is 1140. The van der Waals surface area contributed by atoms with Crippen molar-refractivity contribution in [3.63, 3.8) is 0 Å². The monoisotopic (exact) mass is 478 g/mol. The number of ether oxygens (including phenoxy) is 1. The number of hydrogen-bond acceptors (Lipinski definition) is 5. The van der Waals surface area contributed by atoms with Gasteiger partial charge in [0.1, 0.15) is 6.61 Å². The molecule has 1 N–H and O–H groups in total. The van der Waals surface area contributed by atoms with E-state index in [4.69, 9.17) is 11.2 Å². The Labute approximate surface area is 192 Å². The standard InChI is InChI=1S/C23H21F3N2O4S/c1-4-16-6-8-18(33-16)21(31)27-22(3,23(24,25)26)19(29)12-15-5-7-17(14(2)11-15)28-9-10-32-13-20(28)30/h1,5-8,11H,9-10,12-13H2,2-3H3,(H,27,31). The molecule has 3 rings (SSSR count). The minimum atomic E-state index is -5.03. The number of halogens is 3. The lowest BCUT2D eigenvalue weighted by molar-refractivity contribution is -0.191. The average Bonchev–Trinajstić information content (AvgIpc) is 3.23. The molecule has 1 aliphatic rings. The fourth-order valence-electron chi connectivity index (χ4n) is 3.39. The summed E-state index contributed by atoms with van der Waals surface area (Å²) in [7, 11) is 0. The number of alkyl halides is 3. The van der Waals surface area contributed by atoms with E-state index < -0.39 is 29.8 Å². The van der Waals surface area contributed by atoms with Crippen LogP contribution in [0.25, 0.3) is 0 Å². The first-order valence-corrected chi connectivity index (χ1v) is 10.7. The van der Waals surface area contributed by atoms with Gasteiger partial charge in [0.05, 0.1) is 16.4 Å². The number of terminal acetylenes is 1. The normalized spacial score (nSPS) is 16.1. The maximum Gasteiger partial charge on any atom is 0.418 e. The SMILES string of the molecule is C#Cc1ccc(C(=O)NC(C)(C(=O)Cc2ccc(N3CCOCC3=O)c(C)c2)C(F)(F)F)s1. The van der Waals surface area contributed by atoms with E-state index in [9.17, 15) is 27.6 Å². The number of nitrogens with one attached hydrogen (secondary N) is 1. The second-order valence-electron chi connectivity index (χ2n) is 7.70. The summed E-state index contributed by atoms with van der Waals surface area (Å²) in [6.45, 7) is 3.05. The Balaban J connectivity index is 1.81. The van der Waals surface area contributed by atoms with Gasteiger partial charge in [0, 0.05) is 18.7 Å². The number of aryl methyl sites for hydroxylation is 1. The van der Waals surface area contributed by atoms with E-state index in [1.807, 2.05) is 5.32 Å². The molecule has 0 spiro atoms. The molecular formula is C23H21F3N2O4S. The molecule has 0 radical (unpaired) electrons. The van der Waals surface area contributed by atoms with Crippen LogP contribution in [0.15, 0.2) is 30.3 Å². The Hall–Kier alpha value is -3.16. The number of ketones is 1. The number of Topliss-reactive ketones (excluding diaryl/α,β-unsaturated/α-hetero) is 1. The zero-order valence-electron chi connectivity index (χ0n) is 17.9. The summed E-state index contributed by atoms with van der Waals surface area (Å²) in [5, 5.41) is 1.85. The highest BCUT2D eigenvalue weighted by atomic mass is 32.1. The summed E-state index contributed by atoms with van der Waals surface area (Å²) in [5.41, 5.74) is -1.53. The van der Waals surface area contributed by atoms with E-state index in [-0.39, 0.29) is 17.4 Å². The Morgan fingerprint density at radius 3 is 2.58 bits per heavy atom. The maximum absolute atomic E-state index is 13.9. The number of hydrogen-bond donors (Lipinski definition) is 1. The van der Waals surface area contributed by atoms with Crippen molar-refractivity contribution in [1.82, 2.24) is 5.32 Å². The first-order chi connectivity index (χ1) is 15.5. The van der Waals surface area contributed by atoms with Crippen molar-refractivity contribution in [1.29, 1.82) is 0 Å². The van der Waals surface area contributed by atoms with Crippen LogP contribution in [0.2, 0.25) is 0 Å². The van der Waals surface area contributed by atoms with Gasteiger partial charge in [-0.1, -0.05) is 18.1 Å². The Morgan fingerprint density at radius 2 is 2.00 bits per heavy atom. The first-order valence-electron chi connectivity index (χ1n) is 9.93. The molecule has 0 saturated carbocycles. The molecule has 10 heteroatoms. The van der Waals surface area contributed by atoms with Crippen LogP contribution in [-0.4, -0.2) is 49.1 Å². The number of nitrogens with zero attached hydrogens (tertiary/aromatic N) is 1. The van der Waals surface area contributed by atoms with E-state index >= 15 is 0 Å². The number of amides is 2. The fraction of sp³-hybridized carbons (Fsp3) is 0.348. The van der Waals surface area contributed by atoms with E-state index in [2.05, 4.69) is 5.92 Å². The highest BCUT2D eigenvalue weighted by Gasteiger charge is 2.57. The molecule has 33 heavy (non-hydrogen) atoms. The molecular weight excluding hydrogens is 457 g/mol. The van der Waals surface area contributed by atoms with Gasteiger partial charge < -0.3 is 15.0 Å². The van der Waals surface area contributed by atoms with Crippen molar-refractivity contribution in [2.24, 2.45) is 0 Å². The summed E-state index contributed by atoms with van der Waals surface area (Å²) in [4.78, 5) is 39.2. The molecule has 1 saturated heterocycles. The molecule has 2 aromatic rings. The molecule has 1 aromatic heterocycles. The number of carbonyl (C=O) groups is 3. The highest BCUT2D eigenvalue weighted by molar-refractivity contribution is 7.14. The van der Waals surface area contributed by atoms with Crippen molar-refractivity contribution >= 4 is 34.6 Å². The molecule has 1 aliphatic heterocycles. The third-order valence-corrected chi connectivity index (χ3v) is 6.38. The van der Waals surface area contributed by atoms with Crippen LogP contribution in [-0.2, 0) is 20.7 Å². The molecule has 2 amide bonds. The van der Waals surface area contributed by atoms with Gasteiger partial charge in [-0.3, -0.25) is 14.4 Å². The number of thiophene rings is 1. The topological polar surface area (TPSA) is 75.7 Å². The van der Waals surface area contributed by atoms with E-state index in [0.29, 0.717) is 41.8 Å². The summed E-state index contributed by atoms with van der Waals surface area (Å²) in [6.07, 6.45) is -0.349. The van der Waals surface area contributed by atoms with Crippen molar-refractivity contribution in [3.8, 4) is 12.3 Å². The van der Waals surface area contributed by atoms with Crippen LogP contribution in [0.1, 0.15) is 32.6 Å². The molecule has 1 aromatic carbocycles. The lowest BCUT2D eigenvalue weighted by Crippen LogP contribution is -2.62. The Morgan fingerprint density at radius 1 is 1.27 bits per heavy atom. The smallest absolute Gasteiger partial charge is 0.370 e. The van der Waals surface area contributed by atoms with E-state index in [1.165, 1.54) is 23.1 Å². The third kappa shape index (κ3) is 5.10. The van der Waals surface area contributed by atoms with Crippen LogP contribution in [0.4, 0.5) is 18.9 Å². The van der Waals surface area contributed by atoms with Crippen LogP contribution in [0, 0.1) is 19.3 Å². The molecule has 6 nitrogen and oxygen atoms in total. The zero-order valence-corrected chi connectivity index (χ0v) is 18.7. The van der Waals surface area contributed by atoms with Crippen molar-refractivity contribution in [3.05, 3.63) is 51.2 Å². The molecule has 174 valence electrons. The zero-order chi connectivity index (χ0) is 24.4. The van der Waals surface area contributed by atoms with Gasteiger partial charge in [0.15, 0.2) is 11.3 Å². The Kier molecular flexibility index (Phi) is 6.95. The van der Waals surface area contributed by atoms with Gasteiger partial charge in [-0.05, 0) is 43.2 Å². The number of benzene rings is 1. The number of anilines is 1. The molecule has 2 heterocycles. The number of morpholine rings is 1. The van der Waals surface area contributed by atoms with Crippen molar-refractivity contribution in [2.45, 2.75) is 32.0 Å². The van der Waals surface area contributed by atoms with Gasteiger partial charge in [-0.25, -0.2) is 0 Å². The molecule has 1 unspecified atom stereocenters. The summed E-state index contributed by atoms with van der Waals surface area (Å²) >= 11 is 0.857. The molecule has 0 aliphatic carbocycles. The van der Waals surface area contributed by atoms with Gasteiger partial charge in [0.2, 0.25) is 0 Å². The van der Waals surface area contributed by atoms with Gasteiger partial charge in [-0.15, -0.1) is 17.8 Å². The summed E-state index contributed by atoms with van der Waals surface area (Å²) in [5.74, 6) is -0.167. The van der Waals surface area contributed by atoms with Gasteiger partial charge in [-0.2, -0.15) is 13.2 Å². The molecule has 0 bridgehead atoms. The fourth-order valence-corrected chi connectivity index (χ4v) is 4.10. The summed E-state index contributed by atoms with van der Waals surface area (Å²) in [6, 6.07) is 7.41. The quantitative estimate of drug-likeness (QED) is 0.647. The third-order valence-electron chi connectivity index (χ3n) is 5.36. The minimum absolute atomic E-state index is 0.0263.